The van der Waals surface area contributed by atoms with Crippen molar-refractivity contribution in [3.05, 3.63) is 0 Å². The van der Waals surface area contributed by atoms with E-state index in [0.717, 1.165) is 191 Å². The van der Waals surface area contributed by atoms with Gasteiger partial charge < -0.3 is 52.1 Å². The van der Waals surface area contributed by atoms with Gasteiger partial charge in [0.05, 0.1) is 52.9 Å². The number of fused-ring (bicyclic) bond motifs is 9. The molecule has 7 spiro atoms. The molecule has 0 aromatic rings. The molecule has 11 heteroatoms. The first kappa shape index (κ1) is 83.8. The van der Waals surface area contributed by atoms with Crippen molar-refractivity contribution in [1.29, 1.82) is 0 Å². The van der Waals surface area contributed by atoms with Gasteiger partial charge in [-0.2, -0.15) is 0 Å². The second-order valence-corrected chi connectivity index (χ2v) is 44.0. The van der Waals surface area contributed by atoms with E-state index < -0.39 is 0 Å². The van der Waals surface area contributed by atoms with Gasteiger partial charge in [-0.25, -0.2) is 0 Å². The molecular formula is C101H170O11. The molecule has 6 aliphatic heterocycles. The van der Waals surface area contributed by atoms with E-state index in [1.165, 1.54) is 275 Å². The van der Waals surface area contributed by atoms with Crippen molar-refractivity contribution in [2.24, 2.45) is 123 Å². The Morgan fingerprint density at radius 3 is 0.830 bits per heavy atom. The maximum absolute atomic E-state index is 6.12. The molecule has 0 amide bonds. The molecule has 6 atom stereocenters. The third-order valence-electron chi connectivity index (χ3n) is 37.1. The summed E-state index contributed by atoms with van der Waals surface area (Å²) in [6.45, 7) is 11.5. The molecular weight excluding hydrogens is 1390 g/mol. The molecule has 6 heterocycles. The van der Waals surface area contributed by atoms with Crippen LogP contribution in [0.1, 0.15) is 405 Å². The van der Waals surface area contributed by atoms with E-state index in [1.807, 2.05) is 0 Å². The molecule has 0 aromatic heterocycles. The van der Waals surface area contributed by atoms with Crippen LogP contribution in [0.2, 0.25) is 0 Å². The maximum atomic E-state index is 6.12. The van der Waals surface area contributed by atoms with E-state index in [-0.39, 0.29) is 23.1 Å². The molecule has 28 fully saturated rings. The van der Waals surface area contributed by atoms with Crippen molar-refractivity contribution >= 4 is 0 Å². The normalized spacial score (nSPS) is 42.0. The predicted molar refractivity (Wildman–Crippen MR) is 447 cm³/mol. The zero-order valence-electron chi connectivity index (χ0n) is 72.1. The van der Waals surface area contributed by atoms with Crippen LogP contribution in [0.5, 0.6) is 0 Å². The Hall–Kier alpha value is -0.440. The molecule has 11 nitrogen and oxygen atoms in total. The van der Waals surface area contributed by atoms with Crippen molar-refractivity contribution in [3.8, 4) is 0 Å². The van der Waals surface area contributed by atoms with Gasteiger partial charge in [0.25, 0.3) is 0 Å². The van der Waals surface area contributed by atoms with E-state index in [2.05, 4.69) is 0 Å². The smallest absolute Gasteiger partial charge is 0.174 e. The first-order valence-electron chi connectivity index (χ1n) is 51.0. The van der Waals surface area contributed by atoms with Crippen LogP contribution in [0.15, 0.2) is 0 Å². The molecule has 0 radical (unpaired) electrons. The van der Waals surface area contributed by atoms with Crippen LogP contribution in [-0.2, 0) is 52.1 Å². The molecule has 6 unspecified atom stereocenters. The number of rotatable bonds is 0. The molecule has 112 heavy (non-hydrogen) atoms. The van der Waals surface area contributed by atoms with Crippen LogP contribution >= 0.6 is 0 Å². The lowest BCUT2D eigenvalue weighted by atomic mass is 9.43. The van der Waals surface area contributed by atoms with E-state index in [9.17, 15) is 0 Å². The van der Waals surface area contributed by atoms with Crippen LogP contribution in [0.3, 0.4) is 0 Å². The Morgan fingerprint density at radius 1 is 0.179 bits per heavy atom. The lowest BCUT2D eigenvalue weighted by molar-refractivity contribution is -0.358. The van der Waals surface area contributed by atoms with Gasteiger partial charge in [0.15, 0.2) is 23.1 Å². The summed E-state index contributed by atoms with van der Waals surface area (Å²) in [4.78, 5) is 0. The van der Waals surface area contributed by atoms with Gasteiger partial charge in [-0.3, -0.25) is 0 Å². The third kappa shape index (κ3) is 19.8. The highest BCUT2D eigenvalue weighted by Crippen LogP contribution is 2.68. The Balaban J connectivity index is 0.0000000922. The monoisotopic (exact) mass is 1560 g/mol. The minimum Gasteiger partial charge on any atom is -0.381 e. The Morgan fingerprint density at radius 2 is 0.464 bits per heavy atom. The summed E-state index contributed by atoms with van der Waals surface area (Å²) in [6, 6.07) is 0. The van der Waals surface area contributed by atoms with Gasteiger partial charge in [0, 0.05) is 74.8 Å². The third-order valence-corrected chi connectivity index (χ3v) is 37.1. The lowest BCUT2D eigenvalue weighted by Crippen LogP contribution is -2.61. The molecule has 28 aliphatic rings. The minimum atomic E-state index is -0.136. The number of ether oxygens (including phenoxy) is 11. The van der Waals surface area contributed by atoms with Gasteiger partial charge >= 0.3 is 0 Å². The second kappa shape index (κ2) is 39.8. The van der Waals surface area contributed by atoms with Crippen LogP contribution in [0.4, 0.5) is 0 Å². The topological polar surface area (TPSA) is 102 Å². The fourth-order valence-electron chi connectivity index (χ4n) is 32.3. The van der Waals surface area contributed by atoms with Crippen LogP contribution < -0.4 is 0 Å². The van der Waals surface area contributed by atoms with Crippen LogP contribution in [-0.4, -0.2) is 109 Å². The summed E-state index contributed by atoms with van der Waals surface area (Å²) < 4.78 is 63.5. The summed E-state index contributed by atoms with van der Waals surface area (Å²) in [6.07, 6.45) is 91.0. The summed E-state index contributed by atoms with van der Waals surface area (Å²) in [5.74, 6) is 16.7. The van der Waals surface area contributed by atoms with Crippen molar-refractivity contribution in [2.45, 2.75) is 428 Å². The average Bonchev–Trinajstić information content (AvgIpc) is 1.01. The molecule has 0 N–H and O–H groups in total. The largest absolute Gasteiger partial charge is 0.381 e. The molecule has 18 bridgehead atoms. The van der Waals surface area contributed by atoms with Gasteiger partial charge in [0.2, 0.25) is 0 Å². The van der Waals surface area contributed by atoms with Crippen molar-refractivity contribution in [1.82, 2.24) is 0 Å². The van der Waals surface area contributed by atoms with E-state index in [0.29, 0.717) is 12.7 Å². The first-order chi connectivity index (χ1) is 55.2. The highest BCUT2D eigenvalue weighted by atomic mass is 16.7. The van der Waals surface area contributed by atoms with Gasteiger partial charge in [-0.05, 0) is 363 Å². The first-order valence-corrected chi connectivity index (χ1v) is 51.0. The van der Waals surface area contributed by atoms with Gasteiger partial charge in [-0.15, -0.1) is 0 Å². The Kier molecular flexibility index (Phi) is 29.8. The Bertz CT molecular complexity index is 2540. The maximum Gasteiger partial charge on any atom is 0.174 e. The number of hydrogen-bond acceptors (Lipinski definition) is 11. The molecule has 28 rings (SSSR count). The summed E-state index contributed by atoms with van der Waals surface area (Å²) >= 11 is 0. The molecule has 640 valence electrons. The zero-order chi connectivity index (χ0) is 75.4. The zero-order valence-corrected chi connectivity index (χ0v) is 72.1. The molecule has 0 aromatic carbocycles. The summed E-state index contributed by atoms with van der Waals surface area (Å²) in [5, 5.41) is 0. The van der Waals surface area contributed by atoms with Gasteiger partial charge in [-0.1, -0.05) is 116 Å². The quantitative estimate of drug-likeness (QED) is 0.232. The van der Waals surface area contributed by atoms with Crippen LogP contribution in [0, 0.1) is 123 Å². The highest BCUT2D eigenvalue weighted by Gasteiger charge is 2.63. The fourth-order valence-corrected chi connectivity index (χ4v) is 32.3. The van der Waals surface area contributed by atoms with Crippen molar-refractivity contribution in [2.75, 3.05) is 86.1 Å². The number of hydrogen-bond donors (Lipinski definition) is 0. The van der Waals surface area contributed by atoms with E-state index in [4.69, 9.17) is 52.1 Å². The molecule has 6 saturated heterocycles. The SMILES string of the molecule is C1CCCC2(CC1)C1CC3CC(C1)CC2C3.C1CCCC2(CC1)CC1CCC2C1.C1CCCC2(CC1)CCCCC2.C1CCCOCC1.C1CCOC2(CC3CCC2C3)OC1.C1CCOC2(CC3CCC2C3)OCC1.C1CCOCOCC1.C1COC2(O1)C1CC3CC(C1)CC2C3.C1COC2(OC1)C1CC3CC(C1)CC2C3. The van der Waals surface area contributed by atoms with Crippen molar-refractivity contribution < 1.29 is 52.1 Å². The summed E-state index contributed by atoms with van der Waals surface area (Å²) in [5.41, 5.74) is 2.58. The fraction of sp³-hybridized carbons (Fsp3) is 1.00. The molecule has 22 aliphatic carbocycles. The van der Waals surface area contributed by atoms with Gasteiger partial charge in [0.1, 0.15) is 6.79 Å². The van der Waals surface area contributed by atoms with E-state index >= 15 is 0 Å². The van der Waals surface area contributed by atoms with Crippen molar-refractivity contribution in [3.63, 3.8) is 0 Å². The summed E-state index contributed by atoms with van der Waals surface area (Å²) in [7, 11) is 0. The highest BCUT2D eigenvalue weighted by molar-refractivity contribution is 5.09. The van der Waals surface area contributed by atoms with Crippen LogP contribution in [0.25, 0.3) is 0 Å². The average molecular weight is 1560 g/mol. The molecule has 22 saturated carbocycles. The predicted octanol–water partition coefficient (Wildman–Crippen LogP) is 25.8. The lowest BCUT2D eigenvalue weighted by Gasteiger charge is -2.62. The standard InChI is InChI=1S/C16H26.C13H20O2.C13H22.C12H18O2.C12H20O2.C12H22.C11H18O2.C6H12O2.C6H12O/c1-2-4-6-16(5-3-1)14-8-12-7-13(10-14)11-15(16)9-12;1-2-14-13(15-3-1)11-5-9-4-10(7-11)8-12(13)6-9;1-2-4-8-13(7-3-1)10-11-5-6-12(13)9-11;1-2-14-12(13-1)10-4-8-3-9(6-10)7-11(12)5-8;1-2-6-13-12(14-7-3-1)9-10-4-5-11(12)8-10;1-2-5-9-12(8-4-1)10-6-3-7-11-12;1-2-6-13-11(12-5-1)8-9-3-4-10(11)7-9;1-2-4-7-6-8-5-3-1;1-2-4-6-7-5-3-1/h12-15H,1-11H2;9-12H,1-8H2;11-12H,1-10H2;8-11H,1-7H2;10-11H,1-9H2;1-11H2;9-10H,1-8H2;1-6H2;1-6H2. The van der Waals surface area contributed by atoms with E-state index in [1.54, 1.807) is 135 Å². The Labute approximate surface area is 684 Å². The minimum absolute atomic E-state index is 0.104. The second-order valence-electron chi connectivity index (χ2n) is 44.0.